The third-order valence-corrected chi connectivity index (χ3v) is 3.88. The smallest absolute Gasteiger partial charge is 0.224 e. The largest absolute Gasteiger partial charge is 0.343 e. The van der Waals surface area contributed by atoms with Crippen LogP contribution in [0.25, 0.3) is 0 Å². The minimum absolute atomic E-state index is 0.0266. The average Bonchev–Trinajstić information content (AvgIpc) is 2.45. The summed E-state index contributed by atoms with van der Waals surface area (Å²) in [6, 6.07) is 7.26. The number of carbonyl (C=O) groups is 1. The highest BCUT2D eigenvalue weighted by Gasteiger charge is 2.23. The lowest BCUT2D eigenvalue weighted by atomic mass is 9.96. The van der Waals surface area contributed by atoms with Gasteiger partial charge in [0.15, 0.2) is 0 Å². The van der Waals surface area contributed by atoms with E-state index in [2.05, 4.69) is 6.07 Å². The van der Waals surface area contributed by atoms with Crippen LogP contribution in [0.15, 0.2) is 18.2 Å². The van der Waals surface area contributed by atoms with Crippen LogP contribution in [0.2, 0.25) is 10.0 Å². The van der Waals surface area contributed by atoms with Gasteiger partial charge >= 0.3 is 0 Å². The van der Waals surface area contributed by atoms with Crippen LogP contribution in [-0.4, -0.2) is 23.9 Å². The summed E-state index contributed by atoms with van der Waals surface area (Å²) >= 11 is 12.3. The van der Waals surface area contributed by atoms with E-state index in [0.717, 1.165) is 12.8 Å². The summed E-state index contributed by atoms with van der Waals surface area (Å²) in [4.78, 5) is 14.2. The van der Waals surface area contributed by atoms with Crippen LogP contribution < -0.4 is 0 Å². The van der Waals surface area contributed by atoms with Crippen LogP contribution in [0.4, 0.5) is 0 Å². The van der Waals surface area contributed by atoms with Gasteiger partial charge < -0.3 is 4.90 Å². The molecule has 5 heteroatoms. The highest BCUT2D eigenvalue weighted by Crippen LogP contribution is 2.33. The second kappa shape index (κ2) is 8.92. The standard InChI is InChI=1S/C16H20Cl2N2O/c1-3-8-20(9-4-2)15(21)10-12(11-19)16-13(17)6-5-7-14(16)18/h5-7,12H,3-4,8-10H2,1-2H3. The Bertz CT molecular complexity index is 499. The van der Waals surface area contributed by atoms with Crippen LogP contribution in [0.1, 0.15) is 44.6 Å². The van der Waals surface area contributed by atoms with E-state index in [0.29, 0.717) is 28.7 Å². The lowest BCUT2D eigenvalue weighted by Crippen LogP contribution is -2.33. The lowest BCUT2D eigenvalue weighted by molar-refractivity contribution is -0.131. The number of carbonyl (C=O) groups excluding carboxylic acids is 1. The molecule has 0 saturated heterocycles. The fraction of sp³-hybridized carbons (Fsp3) is 0.500. The van der Waals surface area contributed by atoms with Gasteiger partial charge in [0.2, 0.25) is 5.91 Å². The van der Waals surface area contributed by atoms with Crippen molar-refractivity contribution in [3.8, 4) is 6.07 Å². The number of halogens is 2. The number of nitrogens with zero attached hydrogens (tertiary/aromatic N) is 2. The fourth-order valence-electron chi connectivity index (χ4n) is 2.26. The lowest BCUT2D eigenvalue weighted by Gasteiger charge is -2.23. The van der Waals surface area contributed by atoms with E-state index < -0.39 is 5.92 Å². The first kappa shape index (κ1) is 17.8. The number of hydrogen-bond donors (Lipinski definition) is 0. The molecule has 3 nitrogen and oxygen atoms in total. The molecule has 0 aromatic heterocycles. The molecule has 1 aromatic carbocycles. The Balaban J connectivity index is 2.92. The predicted octanol–water partition coefficient (Wildman–Crippen LogP) is 4.64. The molecule has 0 N–H and O–H groups in total. The zero-order valence-corrected chi connectivity index (χ0v) is 13.9. The van der Waals surface area contributed by atoms with Crippen molar-refractivity contribution in [2.75, 3.05) is 13.1 Å². The van der Waals surface area contributed by atoms with E-state index in [9.17, 15) is 10.1 Å². The predicted molar refractivity (Wildman–Crippen MR) is 86.6 cm³/mol. The Labute approximate surface area is 136 Å². The van der Waals surface area contributed by atoms with E-state index in [4.69, 9.17) is 23.2 Å². The molecule has 1 amide bonds. The topological polar surface area (TPSA) is 44.1 Å². The molecule has 114 valence electrons. The first-order valence-electron chi connectivity index (χ1n) is 7.16. The number of amides is 1. The summed E-state index contributed by atoms with van der Waals surface area (Å²) < 4.78 is 0. The number of benzene rings is 1. The summed E-state index contributed by atoms with van der Waals surface area (Å²) in [5.41, 5.74) is 0.546. The van der Waals surface area contributed by atoms with E-state index >= 15 is 0 Å². The number of rotatable bonds is 7. The number of hydrogen-bond acceptors (Lipinski definition) is 2. The van der Waals surface area contributed by atoms with Gasteiger partial charge in [0, 0.05) is 35.1 Å². The Kier molecular flexibility index (Phi) is 7.56. The molecule has 0 spiro atoms. The van der Waals surface area contributed by atoms with Crippen LogP contribution in [-0.2, 0) is 4.79 Å². The van der Waals surface area contributed by atoms with Crippen molar-refractivity contribution in [2.24, 2.45) is 0 Å². The summed E-state index contributed by atoms with van der Waals surface area (Å²) in [7, 11) is 0. The molecule has 1 atom stereocenters. The highest BCUT2D eigenvalue weighted by atomic mass is 35.5. The zero-order chi connectivity index (χ0) is 15.8. The molecule has 1 unspecified atom stereocenters. The molecule has 0 heterocycles. The maximum absolute atomic E-state index is 12.4. The molecule has 0 aliphatic carbocycles. The second-order valence-electron chi connectivity index (χ2n) is 4.90. The highest BCUT2D eigenvalue weighted by molar-refractivity contribution is 6.36. The van der Waals surface area contributed by atoms with Crippen molar-refractivity contribution in [3.05, 3.63) is 33.8 Å². The van der Waals surface area contributed by atoms with Gasteiger partial charge in [-0.15, -0.1) is 0 Å². The minimum Gasteiger partial charge on any atom is -0.343 e. The van der Waals surface area contributed by atoms with Gasteiger partial charge in [-0.2, -0.15) is 5.26 Å². The monoisotopic (exact) mass is 326 g/mol. The molecule has 0 fully saturated rings. The summed E-state index contributed by atoms with van der Waals surface area (Å²) in [5, 5.41) is 10.2. The molecule has 0 aliphatic rings. The van der Waals surface area contributed by atoms with Gasteiger partial charge in [0.1, 0.15) is 0 Å². The van der Waals surface area contributed by atoms with Gasteiger partial charge in [-0.1, -0.05) is 43.1 Å². The van der Waals surface area contributed by atoms with Gasteiger partial charge in [-0.3, -0.25) is 4.79 Å². The van der Waals surface area contributed by atoms with Crippen LogP contribution >= 0.6 is 23.2 Å². The molecule has 0 radical (unpaired) electrons. The molecule has 21 heavy (non-hydrogen) atoms. The summed E-state index contributed by atoms with van der Waals surface area (Å²) in [6.45, 7) is 5.48. The molecular weight excluding hydrogens is 307 g/mol. The van der Waals surface area contributed by atoms with Crippen LogP contribution in [0.5, 0.6) is 0 Å². The van der Waals surface area contributed by atoms with Crippen molar-refractivity contribution in [1.82, 2.24) is 4.90 Å². The van der Waals surface area contributed by atoms with Crippen LogP contribution in [0.3, 0.4) is 0 Å². The van der Waals surface area contributed by atoms with Gasteiger partial charge in [-0.25, -0.2) is 0 Å². The van der Waals surface area contributed by atoms with E-state index in [1.165, 1.54) is 0 Å². The third kappa shape index (κ3) is 4.91. The van der Waals surface area contributed by atoms with Crippen molar-refractivity contribution in [3.63, 3.8) is 0 Å². The minimum atomic E-state index is -0.616. The van der Waals surface area contributed by atoms with Crippen molar-refractivity contribution in [2.45, 2.75) is 39.0 Å². The Morgan fingerprint density at radius 1 is 1.24 bits per heavy atom. The van der Waals surface area contributed by atoms with E-state index in [1.54, 1.807) is 23.1 Å². The summed E-state index contributed by atoms with van der Waals surface area (Å²) in [5.74, 6) is -0.642. The van der Waals surface area contributed by atoms with Gasteiger partial charge in [-0.05, 0) is 25.0 Å². The van der Waals surface area contributed by atoms with Gasteiger partial charge in [0.05, 0.1) is 12.0 Å². The first-order chi connectivity index (χ1) is 10.0. The normalized spacial score (nSPS) is 11.8. The molecule has 0 saturated carbocycles. The van der Waals surface area contributed by atoms with Crippen molar-refractivity contribution < 1.29 is 4.79 Å². The van der Waals surface area contributed by atoms with Crippen molar-refractivity contribution >= 4 is 29.1 Å². The van der Waals surface area contributed by atoms with E-state index in [1.807, 2.05) is 13.8 Å². The first-order valence-corrected chi connectivity index (χ1v) is 7.92. The summed E-state index contributed by atoms with van der Waals surface area (Å²) in [6.07, 6.45) is 1.91. The molecule has 1 aromatic rings. The maximum atomic E-state index is 12.4. The fourth-order valence-corrected chi connectivity index (χ4v) is 2.92. The third-order valence-electron chi connectivity index (χ3n) is 3.22. The second-order valence-corrected chi connectivity index (χ2v) is 5.72. The van der Waals surface area contributed by atoms with Gasteiger partial charge in [0.25, 0.3) is 0 Å². The molecule has 1 rings (SSSR count). The molecule has 0 bridgehead atoms. The Morgan fingerprint density at radius 3 is 2.19 bits per heavy atom. The Hall–Kier alpha value is -1.24. The van der Waals surface area contributed by atoms with Crippen LogP contribution in [0, 0.1) is 11.3 Å². The Morgan fingerprint density at radius 2 is 1.76 bits per heavy atom. The zero-order valence-electron chi connectivity index (χ0n) is 12.4. The average molecular weight is 327 g/mol. The quantitative estimate of drug-likeness (QED) is 0.732. The SMILES string of the molecule is CCCN(CCC)C(=O)CC(C#N)c1c(Cl)cccc1Cl. The van der Waals surface area contributed by atoms with Crippen molar-refractivity contribution in [1.29, 1.82) is 5.26 Å². The van der Waals surface area contributed by atoms with E-state index in [-0.39, 0.29) is 12.3 Å². The number of nitriles is 1. The maximum Gasteiger partial charge on any atom is 0.224 e. The molecule has 0 aliphatic heterocycles. The molecular formula is C16H20Cl2N2O.